The summed E-state index contributed by atoms with van der Waals surface area (Å²) in [7, 11) is 0. The topological polar surface area (TPSA) is 67.9 Å². The molecule has 0 aliphatic carbocycles. The molecule has 1 aliphatic heterocycles. The number of amides is 2. The molecule has 4 aromatic carbocycles. The van der Waals surface area contributed by atoms with Gasteiger partial charge in [0.25, 0.3) is 11.8 Å². The van der Waals surface area contributed by atoms with Crippen molar-refractivity contribution in [2.24, 2.45) is 0 Å². The number of ether oxygens (including phenoxy) is 2. The molecule has 8 heteroatoms. The molecule has 1 N–H and O–H groups in total. The molecule has 38 heavy (non-hydrogen) atoms. The summed E-state index contributed by atoms with van der Waals surface area (Å²) in [6.45, 7) is -0.134. The number of para-hydroxylation sites is 2. The van der Waals surface area contributed by atoms with Crippen molar-refractivity contribution in [3.63, 3.8) is 0 Å². The minimum atomic E-state index is -0.261. The van der Waals surface area contributed by atoms with Crippen LogP contribution in [0.2, 0.25) is 0 Å². The van der Waals surface area contributed by atoms with Crippen LogP contribution in [0.4, 0.5) is 11.4 Å². The van der Waals surface area contributed by atoms with Crippen LogP contribution in [-0.2, 0) is 9.59 Å². The first-order valence-electron chi connectivity index (χ1n) is 11.7. The number of nitrogens with zero attached hydrogens (tertiary/aromatic N) is 1. The van der Waals surface area contributed by atoms with E-state index in [-0.39, 0.29) is 18.4 Å². The minimum Gasteiger partial charge on any atom is -0.484 e. The lowest BCUT2D eigenvalue weighted by molar-refractivity contribution is -0.118. The highest BCUT2D eigenvalue weighted by atomic mass is 32.2. The number of carbonyl (C=O) groups excluding carboxylic acids is 2. The van der Waals surface area contributed by atoms with Gasteiger partial charge in [-0.3, -0.25) is 14.5 Å². The Hall–Kier alpha value is -4.40. The Kier molecular flexibility index (Phi) is 7.82. The van der Waals surface area contributed by atoms with Gasteiger partial charge in [0.15, 0.2) is 10.9 Å². The van der Waals surface area contributed by atoms with E-state index in [9.17, 15) is 9.59 Å². The maximum absolute atomic E-state index is 13.2. The molecule has 4 aromatic rings. The second-order valence-electron chi connectivity index (χ2n) is 8.20. The molecular formula is C30H22N2O4S2. The molecule has 6 nitrogen and oxygen atoms in total. The van der Waals surface area contributed by atoms with Gasteiger partial charge >= 0.3 is 0 Å². The lowest BCUT2D eigenvalue weighted by Gasteiger charge is -2.15. The largest absolute Gasteiger partial charge is 0.484 e. The summed E-state index contributed by atoms with van der Waals surface area (Å²) in [4.78, 5) is 27.4. The van der Waals surface area contributed by atoms with E-state index in [1.807, 2.05) is 72.8 Å². The zero-order valence-corrected chi connectivity index (χ0v) is 21.7. The van der Waals surface area contributed by atoms with E-state index < -0.39 is 0 Å². The zero-order chi connectivity index (χ0) is 26.3. The van der Waals surface area contributed by atoms with E-state index in [2.05, 4.69) is 5.32 Å². The predicted molar refractivity (Wildman–Crippen MR) is 156 cm³/mol. The summed E-state index contributed by atoms with van der Waals surface area (Å²) in [5.74, 6) is 1.45. The number of nitrogens with one attached hydrogen (secondary N) is 1. The van der Waals surface area contributed by atoms with E-state index in [1.54, 1.807) is 42.5 Å². The lowest BCUT2D eigenvalue weighted by Crippen LogP contribution is -2.27. The Morgan fingerprint density at radius 2 is 1.50 bits per heavy atom. The van der Waals surface area contributed by atoms with Crippen LogP contribution < -0.4 is 19.7 Å². The molecule has 0 radical (unpaired) electrons. The van der Waals surface area contributed by atoms with Crippen LogP contribution in [0.3, 0.4) is 0 Å². The maximum atomic E-state index is 13.2. The van der Waals surface area contributed by atoms with Crippen LogP contribution in [0.15, 0.2) is 114 Å². The van der Waals surface area contributed by atoms with Gasteiger partial charge in [-0.25, -0.2) is 0 Å². The SMILES string of the molecule is O=C(COc1cccc(/C=C2\SC(=S)N(c3ccc(Oc4ccccc4)cc3)C2=O)c1)Nc1ccccc1. The van der Waals surface area contributed by atoms with Crippen molar-refractivity contribution in [3.8, 4) is 17.2 Å². The molecule has 0 unspecified atom stereocenters. The summed E-state index contributed by atoms with van der Waals surface area (Å²) in [6, 6.07) is 33.1. The number of hydrogen-bond acceptors (Lipinski definition) is 6. The minimum absolute atomic E-state index is 0.134. The first kappa shape index (κ1) is 25.3. The molecule has 1 aliphatic rings. The first-order valence-corrected chi connectivity index (χ1v) is 13.0. The average molecular weight is 539 g/mol. The highest BCUT2D eigenvalue weighted by Crippen LogP contribution is 2.37. The molecule has 188 valence electrons. The number of anilines is 2. The number of carbonyl (C=O) groups is 2. The Morgan fingerprint density at radius 1 is 0.842 bits per heavy atom. The highest BCUT2D eigenvalue weighted by molar-refractivity contribution is 8.27. The Labute approximate surface area is 229 Å². The van der Waals surface area contributed by atoms with Crippen LogP contribution in [0, 0.1) is 0 Å². The lowest BCUT2D eigenvalue weighted by atomic mass is 10.2. The third-order valence-electron chi connectivity index (χ3n) is 5.45. The number of hydrogen-bond donors (Lipinski definition) is 1. The van der Waals surface area contributed by atoms with Crippen molar-refractivity contribution in [1.82, 2.24) is 0 Å². The molecule has 2 amide bonds. The van der Waals surface area contributed by atoms with Gasteiger partial charge in [0.2, 0.25) is 0 Å². The monoisotopic (exact) mass is 538 g/mol. The maximum Gasteiger partial charge on any atom is 0.270 e. The van der Waals surface area contributed by atoms with Gasteiger partial charge in [0, 0.05) is 5.69 Å². The zero-order valence-electron chi connectivity index (χ0n) is 20.1. The number of rotatable bonds is 8. The van der Waals surface area contributed by atoms with E-state index in [0.29, 0.717) is 32.1 Å². The first-order chi connectivity index (χ1) is 18.5. The predicted octanol–water partition coefficient (Wildman–Crippen LogP) is 6.90. The van der Waals surface area contributed by atoms with Gasteiger partial charge in [0.05, 0.1) is 10.6 Å². The van der Waals surface area contributed by atoms with Crippen molar-refractivity contribution in [3.05, 3.63) is 120 Å². The van der Waals surface area contributed by atoms with Crippen molar-refractivity contribution >= 4 is 57.6 Å². The highest BCUT2D eigenvalue weighted by Gasteiger charge is 2.33. The van der Waals surface area contributed by atoms with Gasteiger partial charge < -0.3 is 14.8 Å². The standard InChI is InChI=1S/C30H22N2O4S2/c33-28(31-22-9-3-1-4-10-22)20-35-26-13-7-8-21(18-26)19-27-29(34)32(30(37)38-27)23-14-16-25(17-15-23)36-24-11-5-2-6-12-24/h1-19H,20H2,(H,31,33)/b27-19-. The molecule has 0 bridgehead atoms. The molecular weight excluding hydrogens is 516 g/mol. The van der Waals surface area contributed by atoms with Crippen LogP contribution in [-0.4, -0.2) is 22.7 Å². The van der Waals surface area contributed by atoms with Crippen LogP contribution >= 0.6 is 24.0 Å². The molecule has 1 saturated heterocycles. The molecule has 1 fully saturated rings. The van der Waals surface area contributed by atoms with Crippen LogP contribution in [0.25, 0.3) is 6.08 Å². The van der Waals surface area contributed by atoms with Crippen molar-refractivity contribution < 1.29 is 19.1 Å². The molecule has 0 saturated carbocycles. The van der Waals surface area contributed by atoms with E-state index in [4.69, 9.17) is 21.7 Å². The molecule has 1 heterocycles. The smallest absolute Gasteiger partial charge is 0.270 e. The Bertz CT molecular complexity index is 1490. The van der Waals surface area contributed by atoms with Gasteiger partial charge in [-0.05, 0) is 72.3 Å². The molecule has 5 rings (SSSR count). The summed E-state index contributed by atoms with van der Waals surface area (Å²) in [5.41, 5.74) is 2.13. The summed E-state index contributed by atoms with van der Waals surface area (Å²) >= 11 is 6.74. The summed E-state index contributed by atoms with van der Waals surface area (Å²) < 4.78 is 11.9. The number of thioether (sulfide) groups is 1. The average Bonchev–Trinajstić information content (AvgIpc) is 3.21. The van der Waals surface area contributed by atoms with Gasteiger partial charge in [-0.2, -0.15) is 0 Å². The van der Waals surface area contributed by atoms with Gasteiger partial charge in [-0.1, -0.05) is 72.5 Å². The fraction of sp³-hybridized carbons (Fsp3) is 0.0333. The summed E-state index contributed by atoms with van der Waals surface area (Å²) in [6.07, 6.45) is 1.77. The van der Waals surface area contributed by atoms with Crippen molar-refractivity contribution in [1.29, 1.82) is 0 Å². The quantitative estimate of drug-likeness (QED) is 0.194. The van der Waals surface area contributed by atoms with Gasteiger partial charge in [0.1, 0.15) is 17.2 Å². The Balaban J connectivity index is 1.23. The third-order valence-corrected chi connectivity index (χ3v) is 6.75. The van der Waals surface area contributed by atoms with Crippen LogP contribution in [0.5, 0.6) is 17.2 Å². The fourth-order valence-corrected chi connectivity index (χ4v) is 4.99. The van der Waals surface area contributed by atoms with E-state index in [1.165, 1.54) is 16.7 Å². The normalized spacial score (nSPS) is 14.0. The van der Waals surface area contributed by atoms with Crippen LogP contribution in [0.1, 0.15) is 5.56 Å². The number of benzene rings is 4. The third kappa shape index (κ3) is 6.29. The van der Waals surface area contributed by atoms with Crippen molar-refractivity contribution in [2.45, 2.75) is 0 Å². The van der Waals surface area contributed by atoms with Gasteiger partial charge in [-0.15, -0.1) is 0 Å². The fourth-order valence-electron chi connectivity index (χ4n) is 3.69. The van der Waals surface area contributed by atoms with E-state index in [0.717, 1.165) is 11.3 Å². The Morgan fingerprint density at radius 3 is 2.24 bits per heavy atom. The van der Waals surface area contributed by atoms with Crippen molar-refractivity contribution in [2.75, 3.05) is 16.8 Å². The van der Waals surface area contributed by atoms with E-state index >= 15 is 0 Å². The molecule has 0 atom stereocenters. The molecule has 0 spiro atoms. The second-order valence-corrected chi connectivity index (χ2v) is 9.88. The molecule has 0 aromatic heterocycles. The second kappa shape index (κ2) is 11.8. The summed E-state index contributed by atoms with van der Waals surface area (Å²) in [5, 5.41) is 2.78. The number of thiocarbonyl (C=S) groups is 1.